The van der Waals surface area contributed by atoms with Crippen molar-refractivity contribution >= 4 is 17.3 Å². The lowest BCUT2D eigenvalue weighted by atomic mass is 9.47. The van der Waals surface area contributed by atoms with E-state index in [1.165, 1.54) is 5.57 Å². The average molecular weight is 300 g/mol. The Hall–Kier alpha value is -1.25. The van der Waals surface area contributed by atoms with Crippen molar-refractivity contribution in [2.45, 2.75) is 58.8 Å². The summed E-state index contributed by atoms with van der Waals surface area (Å²) < 4.78 is 0. The van der Waals surface area contributed by atoms with Gasteiger partial charge in [-0.25, -0.2) is 0 Å². The number of ketones is 3. The summed E-state index contributed by atoms with van der Waals surface area (Å²) in [5.74, 6) is 1.54. The Bertz CT molecular complexity index is 616. The minimum atomic E-state index is -0.402. The maximum atomic E-state index is 13.0. The van der Waals surface area contributed by atoms with Gasteiger partial charge in [-0.3, -0.25) is 14.4 Å². The van der Waals surface area contributed by atoms with Gasteiger partial charge in [0.2, 0.25) is 0 Å². The van der Waals surface area contributed by atoms with Crippen LogP contribution in [0.25, 0.3) is 0 Å². The Kier molecular flexibility index (Phi) is 2.87. The van der Waals surface area contributed by atoms with Crippen LogP contribution in [0, 0.1) is 28.6 Å². The summed E-state index contributed by atoms with van der Waals surface area (Å²) in [6.45, 7) is 4.22. The fourth-order valence-corrected chi connectivity index (χ4v) is 6.16. The van der Waals surface area contributed by atoms with Crippen LogP contribution in [0.1, 0.15) is 58.8 Å². The van der Waals surface area contributed by atoms with Crippen LogP contribution >= 0.6 is 0 Å². The van der Waals surface area contributed by atoms with Crippen molar-refractivity contribution in [1.82, 2.24) is 0 Å². The van der Waals surface area contributed by atoms with E-state index in [1.54, 1.807) is 0 Å². The van der Waals surface area contributed by atoms with Gasteiger partial charge in [0.25, 0.3) is 0 Å². The second-order valence-corrected chi connectivity index (χ2v) is 8.36. The zero-order valence-corrected chi connectivity index (χ0v) is 13.5. The summed E-state index contributed by atoms with van der Waals surface area (Å²) in [6, 6.07) is 0. The highest BCUT2D eigenvalue weighted by Crippen LogP contribution is 2.63. The Morgan fingerprint density at radius 2 is 1.77 bits per heavy atom. The highest BCUT2D eigenvalue weighted by Gasteiger charge is 2.62. The highest BCUT2D eigenvalue weighted by molar-refractivity contribution is 5.96. The van der Waals surface area contributed by atoms with Crippen LogP contribution in [-0.4, -0.2) is 17.3 Å². The molecule has 3 nitrogen and oxygen atoms in total. The standard InChI is InChI=1S/C19H24O3/c1-18-8-7-12(20)9-11(18)3-4-13-14-5-6-16(22)19(14,2)10-15(21)17(13)18/h9,13-14,17H,3-8,10H2,1-2H3/t13-,14-,17+,18+,19+/m1/s1. The lowest BCUT2D eigenvalue weighted by Gasteiger charge is -2.55. The molecule has 0 N–H and O–H groups in total. The molecule has 22 heavy (non-hydrogen) atoms. The zero-order chi connectivity index (χ0) is 15.7. The van der Waals surface area contributed by atoms with Gasteiger partial charge in [-0.1, -0.05) is 19.4 Å². The van der Waals surface area contributed by atoms with Crippen molar-refractivity contribution in [2.75, 3.05) is 0 Å². The summed E-state index contributed by atoms with van der Waals surface area (Å²) in [5, 5.41) is 0. The molecule has 4 aliphatic carbocycles. The molecule has 0 heterocycles. The average Bonchev–Trinajstić information content (AvgIpc) is 2.75. The van der Waals surface area contributed by atoms with E-state index in [-0.39, 0.29) is 22.9 Å². The van der Waals surface area contributed by atoms with Crippen LogP contribution in [0.15, 0.2) is 11.6 Å². The van der Waals surface area contributed by atoms with Crippen LogP contribution in [0.3, 0.4) is 0 Å². The topological polar surface area (TPSA) is 51.2 Å². The van der Waals surface area contributed by atoms with Gasteiger partial charge in [0, 0.05) is 30.6 Å². The van der Waals surface area contributed by atoms with E-state index in [0.29, 0.717) is 36.9 Å². The first-order valence-electron chi connectivity index (χ1n) is 8.66. The van der Waals surface area contributed by atoms with E-state index >= 15 is 0 Å². The maximum absolute atomic E-state index is 13.0. The van der Waals surface area contributed by atoms with Gasteiger partial charge in [0.1, 0.15) is 11.6 Å². The van der Waals surface area contributed by atoms with Crippen LogP contribution in [-0.2, 0) is 14.4 Å². The summed E-state index contributed by atoms with van der Waals surface area (Å²) >= 11 is 0. The third kappa shape index (κ3) is 1.65. The molecule has 4 rings (SSSR count). The Morgan fingerprint density at radius 1 is 1.00 bits per heavy atom. The van der Waals surface area contributed by atoms with Gasteiger partial charge in [-0.15, -0.1) is 0 Å². The Labute approximate surface area is 131 Å². The van der Waals surface area contributed by atoms with Crippen molar-refractivity contribution in [1.29, 1.82) is 0 Å². The number of rotatable bonds is 0. The molecule has 4 aliphatic rings. The van der Waals surface area contributed by atoms with Gasteiger partial charge < -0.3 is 0 Å². The molecule has 0 bridgehead atoms. The molecule has 0 aliphatic heterocycles. The smallest absolute Gasteiger partial charge is 0.155 e. The second-order valence-electron chi connectivity index (χ2n) is 8.36. The first-order chi connectivity index (χ1) is 10.4. The fraction of sp³-hybridized carbons (Fsp3) is 0.737. The number of fused-ring (bicyclic) bond motifs is 5. The third-order valence-electron chi connectivity index (χ3n) is 7.36. The second kappa shape index (κ2) is 4.39. The van der Waals surface area contributed by atoms with E-state index in [2.05, 4.69) is 6.92 Å². The molecule has 0 amide bonds. The maximum Gasteiger partial charge on any atom is 0.155 e. The van der Waals surface area contributed by atoms with E-state index in [4.69, 9.17) is 0 Å². The predicted octanol–water partition coefficient (Wildman–Crippen LogP) is 3.27. The molecular weight excluding hydrogens is 276 g/mol. The molecule has 0 unspecified atom stereocenters. The lowest BCUT2D eigenvalue weighted by Crippen LogP contribution is -2.55. The number of carbonyl (C=O) groups is 3. The van der Waals surface area contributed by atoms with E-state index < -0.39 is 5.41 Å². The first-order valence-corrected chi connectivity index (χ1v) is 8.66. The molecule has 3 saturated carbocycles. The van der Waals surface area contributed by atoms with Crippen molar-refractivity contribution < 1.29 is 14.4 Å². The number of hydrogen-bond acceptors (Lipinski definition) is 3. The van der Waals surface area contributed by atoms with Crippen molar-refractivity contribution in [3.8, 4) is 0 Å². The highest BCUT2D eigenvalue weighted by atomic mass is 16.1. The van der Waals surface area contributed by atoms with Gasteiger partial charge in [-0.2, -0.15) is 0 Å². The molecule has 0 saturated heterocycles. The van der Waals surface area contributed by atoms with E-state index in [9.17, 15) is 14.4 Å². The van der Waals surface area contributed by atoms with Gasteiger partial charge in [-0.05, 0) is 49.0 Å². The summed E-state index contributed by atoms with van der Waals surface area (Å²) in [7, 11) is 0. The van der Waals surface area contributed by atoms with E-state index in [1.807, 2.05) is 13.0 Å². The summed E-state index contributed by atoms with van der Waals surface area (Å²) in [6.07, 6.45) is 7.12. The normalized spacial score (nSPS) is 47.6. The third-order valence-corrected chi connectivity index (χ3v) is 7.36. The van der Waals surface area contributed by atoms with Crippen molar-refractivity contribution in [3.05, 3.63) is 11.6 Å². The lowest BCUT2D eigenvalue weighted by molar-refractivity contribution is -0.149. The Balaban J connectivity index is 1.77. The zero-order valence-electron chi connectivity index (χ0n) is 13.5. The first kappa shape index (κ1) is 14.3. The molecule has 118 valence electrons. The van der Waals surface area contributed by atoms with Gasteiger partial charge >= 0.3 is 0 Å². The quantitative estimate of drug-likeness (QED) is 0.690. The predicted molar refractivity (Wildman–Crippen MR) is 82.1 cm³/mol. The van der Waals surface area contributed by atoms with Crippen LogP contribution in [0.5, 0.6) is 0 Å². The molecule has 0 radical (unpaired) electrons. The largest absolute Gasteiger partial charge is 0.299 e. The fourth-order valence-electron chi connectivity index (χ4n) is 6.16. The summed E-state index contributed by atoms with van der Waals surface area (Å²) in [5.41, 5.74) is 0.660. The van der Waals surface area contributed by atoms with Gasteiger partial charge in [0.05, 0.1) is 0 Å². The molecule has 3 heteroatoms. The van der Waals surface area contributed by atoms with Crippen LogP contribution < -0.4 is 0 Å². The summed E-state index contributed by atoms with van der Waals surface area (Å²) in [4.78, 5) is 37.1. The molecule has 0 spiro atoms. The monoisotopic (exact) mass is 300 g/mol. The van der Waals surface area contributed by atoms with Crippen molar-refractivity contribution in [3.63, 3.8) is 0 Å². The number of carbonyl (C=O) groups excluding carboxylic acids is 3. The molecule has 0 aromatic carbocycles. The molecule has 0 aromatic rings. The molecule has 5 atom stereocenters. The van der Waals surface area contributed by atoms with Crippen LogP contribution in [0.4, 0.5) is 0 Å². The number of hydrogen-bond donors (Lipinski definition) is 0. The Morgan fingerprint density at radius 3 is 2.55 bits per heavy atom. The number of Topliss-reactive ketones (excluding diaryl/α,β-unsaturated/α-hetero) is 2. The van der Waals surface area contributed by atoms with Gasteiger partial charge in [0.15, 0.2) is 5.78 Å². The molecular formula is C19H24O3. The van der Waals surface area contributed by atoms with Crippen molar-refractivity contribution in [2.24, 2.45) is 28.6 Å². The molecule has 0 aromatic heterocycles. The van der Waals surface area contributed by atoms with Crippen LogP contribution in [0.2, 0.25) is 0 Å². The SMILES string of the molecule is C[C@]12CCC(=O)C=C1CC[C@H]1[C@H]2C(=O)C[C@]2(C)C(=O)CC[C@H]12. The minimum Gasteiger partial charge on any atom is -0.299 e. The molecule has 3 fully saturated rings. The number of allylic oxidation sites excluding steroid dienone is 1. The minimum absolute atomic E-state index is 0.0320. The van der Waals surface area contributed by atoms with E-state index in [0.717, 1.165) is 25.7 Å².